The quantitative estimate of drug-likeness (QED) is 0.746. The van der Waals surface area contributed by atoms with Gasteiger partial charge in [-0.15, -0.1) is 11.3 Å². The molecule has 1 aliphatic heterocycles. The zero-order chi connectivity index (χ0) is 20.3. The molecule has 6 nitrogen and oxygen atoms in total. The average Bonchev–Trinajstić information content (AvgIpc) is 3.17. The van der Waals surface area contributed by atoms with Crippen molar-refractivity contribution in [2.24, 2.45) is 5.92 Å². The average molecular weight is 442 g/mol. The molecule has 0 unspecified atom stereocenters. The highest BCUT2D eigenvalue weighted by Gasteiger charge is 2.32. The summed E-state index contributed by atoms with van der Waals surface area (Å²) in [7, 11) is -3.73. The van der Waals surface area contributed by atoms with Crippen molar-refractivity contribution in [2.75, 3.05) is 37.6 Å². The van der Waals surface area contributed by atoms with Crippen LogP contribution in [0.2, 0.25) is 5.02 Å². The van der Waals surface area contributed by atoms with Crippen LogP contribution in [0.15, 0.2) is 40.6 Å². The number of rotatable bonds is 6. The second kappa shape index (κ2) is 8.82. The lowest BCUT2D eigenvalue weighted by Gasteiger charge is -2.35. The van der Waals surface area contributed by atoms with Gasteiger partial charge in [0.25, 0.3) is 5.91 Å². The molecule has 0 bridgehead atoms. The van der Waals surface area contributed by atoms with Crippen LogP contribution >= 0.6 is 22.9 Å². The first kappa shape index (κ1) is 21.1. The molecule has 0 aliphatic carbocycles. The highest BCUT2D eigenvalue weighted by molar-refractivity contribution is 7.89. The first-order chi connectivity index (χ1) is 13.3. The first-order valence-corrected chi connectivity index (χ1v) is 11.9. The first-order valence-electron chi connectivity index (χ1n) is 9.16. The smallest absolute Gasteiger partial charge is 0.262 e. The molecule has 0 spiro atoms. The predicted octanol–water partition coefficient (Wildman–Crippen LogP) is 3.30. The van der Waals surface area contributed by atoms with Crippen molar-refractivity contribution in [3.63, 3.8) is 0 Å². The summed E-state index contributed by atoms with van der Waals surface area (Å²) in [5.41, 5.74) is 0.908. The summed E-state index contributed by atoms with van der Waals surface area (Å²) in [6.07, 6.45) is 0. The number of halogens is 1. The van der Waals surface area contributed by atoms with Gasteiger partial charge in [-0.25, -0.2) is 8.42 Å². The fraction of sp³-hybridized carbons (Fsp3) is 0.421. The Hall–Kier alpha value is -1.61. The van der Waals surface area contributed by atoms with E-state index in [9.17, 15) is 13.2 Å². The lowest BCUT2D eigenvalue weighted by atomic mass is 10.2. The summed E-state index contributed by atoms with van der Waals surface area (Å²) in [6.45, 7) is 6.26. The van der Waals surface area contributed by atoms with Crippen LogP contribution in [0.5, 0.6) is 0 Å². The van der Waals surface area contributed by atoms with E-state index >= 15 is 0 Å². The maximum absolute atomic E-state index is 13.1. The minimum atomic E-state index is -3.73. The second-order valence-electron chi connectivity index (χ2n) is 7.06. The number of hydrogen-bond acceptors (Lipinski definition) is 5. The van der Waals surface area contributed by atoms with E-state index in [1.807, 2.05) is 38.1 Å². The van der Waals surface area contributed by atoms with E-state index in [4.69, 9.17) is 11.6 Å². The summed E-state index contributed by atoms with van der Waals surface area (Å²) in [4.78, 5) is 14.8. The Morgan fingerprint density at radius 3 is 2.50 bits per heavy atom. The number of carbonyl (C=O) groups is 1. The number of sulfonamides is 1. The zero-order valence-electron chi connectivity index (χ0n) is 15.9. The van der Waals surface area contributed by atoms with Crippen molar-refractivity contribution < 1.29 is 13.2 Å². The monoisotopic (exact) mass is 441 g/mol. The summed E-state index contributed by atoms with van der Waals surface area (Å²) in [5, 5.41) is 5.10. The lowest BCUT2D eigenvalue weighted by molar-refractivity contribution is 0.0950. The SMILES string of the molecule is CC(C)CNC(=O)c1sccc1S(=O)(=O)N1CCN(c2ccccc2Cl)CC1. The van der Waals surface area contributed by atoms with Crippen LogP contribution in [-0.2, 0) is 10.0 Å². The van der Waals surface area contributed by atoms with Crippen molar-refractivity contribution in [1.82, 2.24) is 9.62 Å². The summed E-state index contributed by atoms with van der Waals surface area (Å²) < 4.78 is 27.7. The fourth-order valence-electron chi connectivity index (χ4n) is 3.06. The number of anilines is 1. The molecule has 2 heterocycles. The van der Waals surface area contributed by atoms with E-state index in [1.54, 1.807) is 5.38 Å². The van der Waals surface area contributed by atoms with Gasteiger partial charge in [-0.1, -0.05) is 37.6 Å². The Morgan fingerprint density at radius 2 is 1.86 bits per heavy atom. The number of benzene rings is 1. The highest BCUT2D eigenvalue weighted by atomic mass is 35.5. The molecule has 2 aromatic rings. The Morgan fingerprint density at radius 1 is 1.18 bits per heavy atom. The van der Waals surface area contributed by atoms with Gasteiger partial charge in [0.1, 0.15) is 9.77 Å². The molecule has 1 aromatic carbocycles. The van der Waals surface area contributed by atoms with Crippen LogP contribution in [0.4, 0.5) is 5.69 Å². The van der Waals surface area contributed by atoms with Crippen molar-refractivity contribution >= 4 is 44.6 Å². The molecule has 3 rings (SSSR count). The maximum Gasteiger partial charge on any atom is 0.262 e. The van der Waals surface area contributed by atoms with Crippen LogP contribution in [0.3, 0.4) is 0 Å². The lowest BCUT2D eigenvalue weighted by Crippen LogP contribution is -2.49. The third-order valence-electron chi connectivity index (χ3n) is 4.56. The molecule has 152 valence electrons. The molecule has 0 radical (unpaired) electrons. The maximum atomic E-state index is 13.1. The molecule has 1 aromatic heterocycles. The van der Waals surface area contributed by atoms with Gasteiger partial charge in [0.05, 0.1) is 10.7 Å². The van der Waals surface area contributed by atoms with Crippen molar-refractivity contribution in [3.05, 3.63) is 45.6 Å². The summed E-state index contributed by atoms with van der Waals surface area (Å²) in [5.74, 6) is -0.0427. The van der Waals surface area contributed by atoms with Gasteiger partial charge in [-0.05, 0) is 29.5 Å². The van der Waals surface area contributed by atoms with Gasteiger partial charge in [0, 0.05) is 32.7 Å². The van der Waals surface area contributed by atoms with E-state index in [2.05, 4.69) is 10.2 Å². The van der Waals surface area contributed by atoms with Crippen LogP contribution in [0, 0.1) is 5.92 Å². The van der Waals surface area contributed by atoms with Gasteiger partial charge in [0.15, 0.2) is 0 Å². The van der Waals surface area contributed by atoms with E-state index in [1.165, 1.54) is 10.4 Å². The highest BCUT2D eigenvalue weighted by Crippen LogP contribution is 2.29. The molecular weight excluding hydrogens is 418 g/mol. The van der Waals surface area contributed by atoms with E-state index in [-0.39, 0.29) is 15.7 Å². The molecule has 1 aliphatic rings. The number of piperazine rings is 1. The Balaban J connectivity index is 1.72. The molecule has 0 atom stereocenters. The van der Waals surface area contributed by atoms with Gasteiger partial charge < -0.3 is 10.2 Å². The van der Waals surface area contributed by atoms with E-state index < -0.39 is 10.0 Å². The zero-order valence-corrected chi connectivity index (χ0v) is 18.3. The Bertz CT molecular complexity index is 935. The molecule has 1 amide bonds. The number of hydrogen-bond donors (Lipinski definition) is 1. The number of nitrogens with zero attached hydrogens (tertiary/aromatic N) is 2. The normalized spacial score (nSPS) is 15.8. The van der Waals surface area contributed by atoms with E-state index in [0.717, 1.165) is 17.0 Å². The minimum absolute atomic E-state index is 0.0879. The fourth-order valence-corrected chi connectivity index (χ4v) is 6.05. The molecular formula is C19H24ClN3O3S2. The largest absolute Gasteiger partial charge is 0.368 e. The summed E-state index contributed by atoms with van der Waals surface area (Å²) >= 11 is 7.41. The third-order valence-corrected chi connectivity index (χ3v) is 7.86. The molecule has 9 heteroatoms. The minimum Gasteiger partial charge on any atom is -0.368 e. The molecule has 1 N–H and O–H groups in total. The topological polar surface area (TPSA) is 69.7 Å². The number of para-hydroxylation sites is 1. The van der Waals surface area contributed by atoms with E-state index in [0.29, 0.717) is 43.7 Å². The Kier molecular flexibility index (Phi) is 6.65. The predicted molar refractivity (Wildman–Crippen MR) is 114 cm³/mol. The van der Waals surface area contributed by atoms with Crippen molar-refractivity contribution in [2.45, 2.75) is 18.7 Å². The second-order valence-corrected chi connectivity index (χ2v) is 10.3. The molecule has 1 saturated heterocycles. The van der Waals surface area contributed by atoms with Crippen LogP contribution in [0.1, 0.15) is 23.5 Å². The van der Waals surface area contributed by atoms with Gasteiger partial charge in [0.2, 0.25) is 10.0 Å². The molecule has 1 fully saturated rings. The summed E-state index contributed by atoms with van der Waals surface area (Å²) in [6, 6.07) is 9.06. The van der Waals surface area contributed by atoms with Crippen LogP contribution in [-0.4, -0.2) is 51.4 Å². The van der Waals surface area contributed by atoms with Crippen LogP contribution < -0.4 is 10.2 Å². The van der Waals surface area contributed by atoms with Gasteiger partial charge >= 0.3 is 0 Å². The van der Waals surface area contributed by atoms with Crippen LogP contribution in [0.25, 0.3) is 0 Å². The number of nitrogens with one attached hydrogen (secondary N) is 1. The van der Waals surface area contributed by atoms with Crippen molar-refractivity contribution in [3.8, 4) is 0 Å². The third kappa shape index (κ3) is 4.51. The number of carbonyl (C=O) groups excluding carboxylic acids is 1. The number of amides is 1. The van der Waals surface area contributed by atoms with Crippen molar-refractivity contribution in [1.29, 1.82) is 0 Å². The van der Waals surface area contributed by atoms with Gasteiger partial charge in [-0.2, -0.15) is 4.31 Å². The molecule has 0 saturated carbocycles. The van der Waals surface area contributed by atoms with Gasteiger partial charge in [-0.3, -0.25) is 4.79 Å². The standard InChI is InChI=1S/C19H24ClN3O3S2/c1-14(2)13-21-19(24)18-17(7-12-27-18)28(25,26)23-10-8-22(9-11-23)16-6-4-3-5-15(16)20/h3-7,12,14H,8-11,13H2,1-2H3,(H,21,24). The molecule has 28 heavy (non-hydrogen) atoms. The Labute approximate surface area is 175 Å². The number of thiophene rings is 1.